The molecule has 0 aromatic heterocycles. The number of ether oxygens (including phenoxy) is 1. The van der Waals surface area contributed by atoms with Crippen LogP contribution in [0.25, 0.3) is 0 Å². The highest BCUT2D eigenvalue weighted by Gasteiger charge is 2.27. The quantitative estimate of drug-likeness (QED) is 0.808. The molecule has 1 saturated carbocycles. The molecule has 1 fully saturated rings. The van der Waals surface area contributed by atoms with E-state index in [1.165, 1.54) is 0 Å². The summed E-state index contributed by atoms with van der Waals surface area (Å²) in [5.41, 5.74) is -0.0345. The second-order valence-corrected chi connectivity index (χ2v) is 5.54. The lowest BCUT2D eigenvalue weighted by molar-refractivity contribution is 0.0927. The summed E-state index contributed by atoms with van der Waals surface area (Å²) in [6, 6.07) is 3.73. The molecule has 0 heterocycles. The van der Waals surface area contributed by atoms with E-state index in [4.69, 9.17) is 10.00 Å². The largest absolute Gasteiger partial charge is 0.484 e. The Morgan fingerprint density at radius 1 is 1.11 bits per heavy atom. The van der Waals surface area contributed by atoms with Gasteiger partial charge in [0.2, 0.25) is 0 Å². The van der Waals surface area contributed by atoms with E-state index in [1.807, 2.05) is 0 Å². The number of hydrogen-bond acceptors (Lipinski definition) is 2. The maximum atomic E-state index is 13.7. The smallest absolute Gasteiger partial charge is 0.191 e. The maximum Gasteiger partial charge on any atom is 0.191 e. The van der Waals surface area contributed by atoms with Crippen LogP contribution in [0.15, 0.2) is 12.1 Å². The van der Waals surface area contributed by atoms with Crippen LogP contribution in [0.3, 0.4) is 0 Å². The van der Waals surface area contributed by atoms with E-state index in [2.05, 4.69) is 13.8 Å². The van der Waals surface area contributed by atoms with Crippen molar-refractivity contribution in [3.05, 3.63) is 29.3 Å². The molecule has 2 rings (SSSR count). The number of hydrogen-bond donors (Lipinski definition) is 0. The minimum absolute atomic E-state index is 0.0345. The van der Waals surface area contributed by atoms with Crippen LogP contribution in [0, 0.1) is 34.8 Å². The van der Waals surface area contributed by atoms with E-state index in [9.17, 15) is 8.78 Å². The summed E-state index contributed by atoms with van der Waals surface area (Å²) in [7, 11) is 0. The molecule has 4 heteroatoms. The number of nitrogens with zero attached hydrogens (tertiary/aromatic N) is 1. The van der Waals surface area contributed by atoms with Gasteiger partial charge in [-0.3, -0.25) is 0 Å². The first kappa shape index (κ1) is 13.8. The van der Waals surface area contributed by atoms with Crippen molar-refractivity contribution < 1.29 is 13.5 Å². The molecule has 0 spiro atoms. The average Bonchev–Trinajstić information content (AvgIpc) is 2.32. The molecule has 0 bridgehead atoms. The molecule has 0 radical (unpaired) electrons. The molecule has 0 N–H and O–H groups in total. The van der Waals surface area contributed by atoms with Crippen LogP contribution in [0.5, 0.6) is 5.75 Å². The summed E-state index contributed by atoms with van der Waals surface area (Å²) in [6.45, 7) is 4.25. The van der Waals surface area contributed by atoms with Gasteiger partial charge in [0.25, 0.3) is 0 Å². The van der Waals surface area contributed by atoms with Crippen molar-refractivity contribution in [2.24, 2.45) is 11.8 Å². The second kappa shape index (κ2) is 5.56. The lowest BCUT2D eigenvalue weighted by atomic mass is 9.82. The molecular formula is C15H17F2NO. The normalized spacial score (nSPS) is 26.8. The van der Waals surface area contributed by atoms with Gasteiger partial charge >= 0.3 is 0 Å². The summed E-state index contributed by atoms with van der Waals surface area (Å²) in [4.78, 5) is 0. The van der Waals surface area contributed by atoms with Gasteiger partial charge in [0.05, 0.1) is 17.7 Å². The van der Waals surface area contributed by atoms with E-state index >= 15 is 0 Å². The molecule has 2 atom stereocenters. The van der Waals surface area contributed by atoms with Crippen molar-refractivity contribution in [1.29, 1.82) is 5.26 Å². The number of rotatable bonds is 2. The van der Waals surface area contributed by atoms with Crippen LogP contribution >= 0.6 is 0 Å². The van der Waals surface area contributed by atoms with Gasteiger partial charge in [-0.15, -0.1) is 0 Å². The third-order valence-corrected chi connectivity index (χ3v) is 3.55. The van der Waals surface area contributed by atoms with Gasteiger partial charge in [-0.25, -0.2) is 8.78 Å². The van der Waals surface area contributed by atoms with E-state index < -0.39 is 11.6 Å². The van der Waals surface area contributed by atoms with Crippen LogP contribution in [0.2, 0.25) is 0 Å². The van der Waals surface area contributed by atoms with Crippen LogP contribution in [0.4, 0.5) is 8.78 Å². The number of halogens is 2. The highest BCUT2D eigenvalue weighted by molar-refractivity contribution is 5.37. The van der Waals surface area contributed by atoms with E-state index in [0.29, 0.717) is 11.8 Å². The predicted octanol–water partition coefficient (Wildman–Crippen LogP) is 4.04. The minimum Gasteiger partial charge on any atom is -0.484 e. The Morgan fingerprint density at radius 3 is 2.11 bits per heavy atom. The van der Waals surface area contributed by atoms with Crippen LogP contribution < -0.4 is 4.74 Å². The van der Waals surface area contributed by atoms with Crippen molar-refractivity contribution in [2.45, 2.75) is 39.2 Å². The monoisotopic (exact) mass is 265 g/mol. The van der Waals surface area contributed by atoms with Gasteiger partial charge in [0, 0.05) is 0 Å². The zero-order valence-corrected chi connectivity index (χ0v) is 11.1. The molecule has 19 heavy (non-hydrogen) atoms. The van der Waals surface area contributed by atoms with E-state index in [0.717, 1.165) is 31.4 Å². The Morgan fingerprint density at radius 2 is 1.63 bits per heavy atom. The number of benzene rings is 1. The van der Waals surface area contributed by atoms with E-state index in [-0.39, 0.29) is 17.4 Å². The van der Waals surface area contributed by atoms with Gasteiger partial charge in [0.1, 0.15) is 0 Å². The number of nitriles is 1. The molecule has 1 aliphatic carbocycles. The van der Waals surface area contributed by atoms with Gasteiger partial charge in [-0.1, -0.05) is 13.8 Å². The van der Waals surface area contributed by atoms with E-state index in [1.54, 1.807) is 6.07 Å². The fraction of sp³-hybridized carbons (Fsp3) is 0.533. The first-order valence-electron chi connectivity index (χ1n) is 6.55. The van der Waals surface area contributed by atoms with Crippen molar-refractivity contribution in [1.82, 2.24) is 0 Å². The zero-order valence-electron chi connectivity index (χ0n) is 11.1. The summed E-state index contributed by atoms with van der Waals surface area (Å²) in [5, 5.41) is 8.64. The maximum absolute atomic E-state index is 13.7. The molecular weight excluding hydrogens is 248 g/mol. The first-order chi connectivity index (χ1) is 8.99. The Bertz CT molecular complexity index is 476. The Hall–Kier alpha value is -1.63. The Balaban J connectivity index is 2.17. The summed E-state index contributed by atoms with van der Waals surface area (Å²) in [6.07, 6.45) is 2.58. The Labute approximate surface area is 112 Å². The average molecular weight is 265 g/mol. The van der Waals surface area contributed by atoms with Crippen LogP contribution in [0.1, 0.15) is 38.7 Å². The zero-order chi connectivity index (χ0) is 14.0. The topological polar surface area (TPSA) is 33.0 Å². The summed E-state index contributed by atoms with van der Waals surface area (Å²) >= 11 is 0. The highest BCUT2D eigenvalue weighted by atomic mass is 19.1. The van der Waals surface area contributed by atoms with Crippen molar-refractivity contribution >= 4 is 0 Å². The summed E-state index contributed by atoms with van der Waals surface area (Å²) in [5.74, 6) is -0.966. The third kappa shape index (κ3) is 3.23. The second-order valence-electron chi connectivity index (χ2n) is 5.54. The molecule has 102 valence electrons. The predicted molar refractivity (Wildman–Crippen MR) is 67.7 cm³/mol. The van der Waals surface area contributed by atoms with Gasteiger partial charge < -0.3 is 4.74 Å². The first-order valence-corrected chi connectivity index (χ1v) is 6.55. The third-order valence-electron chi connectivity index (χ3n) is 3.55. The van der Waals surface area contributed by atoms with Crippen molar-refractivity contribution in [3.8, 4) is 11.8 Å². The molecule has 2 nitrogen and oxygen atoms in total. The van der Waals surface area contributed by atoms with Crippen molar-refractivity contribution in [3.63, 3.8) is 0 Å². The lowest BCUT2D eigenvalue weighted by Gasteiger charge is -2.31. The van der Waals surface area contributed by atoms with Crippen LogP contribution in [-0.2, 0) is 0 Å². The molecule has 0 saturated heterocycles. The molecule has 0 amide bonds. The lowest BCUT2D eigenvalue weighted by Crippen LogP contribution is -2.29. The fourth-order valence-corrected chi connectivity index (χ4v) is 2.87. The molecule has 1 aromatic rings. The summed E-state index contributed by atoms with van der Waals surface area (Å²) < 4.78 is 33.0. The standard InChI is InChI=1S/C15H17F2NO/c1-9-3-10(2)5-12(4-9)19-15-13(16)6-11(8-18)7-14(15)17/h6-7,9-10,12H,3-5H2,1-2H3. The van der Waals surface area contributed by atoms with Gasteiger partial charge in [0.15, 0.2) is 17.4 Å². The molecule has 1 aliphatic rings. The van der Waals surface area contributed by atoms with Crippen molar-refractivity contribution in [2.75, 3.05) is 0 Å². The molecule has 1 aromatic carbocycles. The minimum atomic E-state index is -0.803. The molecule has 2 unspecified atom stereocenters. The van der Waals surface area contributed by atoms with Gasteiger partial charge in [-0.2, -0.15) is 5.26 Å². The SMILES string of the molecule is CC1CC(C)CC(Oc2c(F)cc(C#N)cc2F)C1. The fourth-order valence-electron chi connectivity index (χ4n) is 2.87. The van der Waals surface area contributed by atoms with Crippen LogP contribution in [-0.4, -0.2) is 6.10 Å². The Kier molecular flexibility index (Phi) is 4.04. The molecule has 0 aliphatic heterocycles. The van der Waals surface area contributed by atoms with Gasteiger partial charge in [-0.05, 0) is 43.2 Å². The highest BCUT2D eigenvalue weighted by Crippen LogP contribution is 2.33.